The van der Waals surface area contributed by atoms with E-state index >= 15 is 0 Å². The molecule has 0 spiro atoms. The third kappa shape index (κ3) is 2.10. The van der Waals surface area contributed by atoms with Gasteiger partial charge in [-0.3, -0.25) is 0 Å². The lowest BCUT2D eigenvalue weighted by Crippen LogP contribution is -2.22. The minimum Gasteiger partial charge on any atom is -0.495 e. The second kappa shape index (κ2) is 4.32. The van der Waals surface area contributed by atoms with Crippen molar-refractivity contribution in [2.24, 2.45) is 0 Å². The fourth-order valence-electron chi connectivity index (χ4n) is 1.33. The van der Waals surface area contributed by atoms with E-state index in [1.54, 1.807) is 7.11 Å². The van der Waals surface area contributed by atoms with Crippen molar-refractivity contribution in [2.75, 3.05) is 13.7 Å². The molecule has 1 aromatic rings. The number of aliphatic hydroxyl groups excluding tert-OH is 1. The number of methoxy groups -OCH3 is 1. The summed E-state index contributed by atoms with van der Waals surface area (Å²) >= 11 is 3.42. The van der Waals surface area contributed by atoms with E-state index in [0.29, 0.717) is 0 Å². The fraction of sp³-hybridized carbons (Fsp3) is 0.455. The number of hydrogen-bond acceptors (Lipinski definition) is 2. The van der Waals surface area contributed by atoms with Gasteiger partial charge in [0.1, 0.15) is 5.75 Å². The monoisotopic (exact) mass is 258 g/mol. The highest BCUT2D eigenvalue weighted by Gasteiger charge is 2.24. The Morgan fingerprint density at radius 1 is 1.43 bits per heavy atom. The van der Waals surface area contributed by atoms with Crippen LogP contribution in [-0.2, 0) is 5.41 Å². The van der Waals surface area contributed by atoms with Gasteiger partial charge in [0.15, 0.2) is 0 Å². The highest BCUT2D eigenvalue weighted by Crippen LogP contribution is 2.36. The lowest BCUT2D eigenvalue weighted by atomic mass is 9.85. The fourth-order valence-corrected chi connectivity index (χ4v) is 1.86. The zero-order valence-electron chi connectivity index (χ0n) is 8.67. The van der Waals surface area contributed by atoms with E-state index in [1.807, 2.05) is 32.0 Å². The Kier molecular flexibility index (Phi) is 3.56. The molecule has 0 saturated carbocycles. The number of aliphatic hydroxyl groups is 1. The van der Waals surface area contributed by atoms with E-state index in [-0.39, 0.29) is 12.0 Å². The number of para-hydroxylation sites is 1. The number of ether oxygens (including phenoxy) is 1. The van der Waals surface area contributed by atoms with Gasteiger partial charge in [0.2, 0.25) is 0 Å². The Morgan fingerprint density at radius 3 is 2.57 bits per heavy atom. The number of benzene rings is 1. The second-order valence-corrected chi connectivity index (χ2v) is 4.72. The number of rotatable bonds is 3. The van der Waals surface area contributed by atoms with Gasteiger partial charge in [0.25, 0.3) is 0 Å². The molecule has 1 N–H and O–H groups in total. The molecule has 1 aromatic carbocycles. The van der Waals surface area contributed by atoms with Gasteiger partial charge in [-0.2, -0.15) is 0 Å². The molecule has 78 valence electrons. The molecule has 0 saturated heterocycles. The maximum atomic E-state index is 9.29. The van der Waals surface area contributed by atoms with Crippen LogP contribution in [0.25, 0.3) is 0 Å². The molecule has 2 nitrogen and oxygen atoms in total. The van der Waals surface area contributed by atoms with Gasteiger partial charge in [-0.25, -0.2) is 0 Å². The van der Waals surface area contributed by atoms with Gasteiger partial charge in [-0.15, -0.1) is 0 Å². The summed E-state index contributed by atoms with van der Waals surface area (Å²) in [6.07, 6.45) is 0. The average molecular weight is 259 g/mol. The van der Waals surface area contributed by atoms with E-state index in [0.717, 1.165) is 15.8 Å². The molecule has 3 heteroatoms. The van der Waals surface area contributed by atoms with Crippen molar-refractivity contribution < 1.29 is 9.84 Å². The van der Waals surface area contributed by atoms with Gasteiger partial charge in [-0.05, 0) is 22.0 Å². The van der Waals surface area contributed by atoms with E-state index in [4.69, 9.17) is 4.74 Å². The van der Waals surface area contributed by atoms with Crippen LogP contribution in [0, 0.1) is 0 Å². The first kappa shape index (κ1) is 11.5. The van der Waals surface area contributed by atoms with Crippen molar-refractivity contribution in [2.45, 2.75) is 19.3 Å². The van der Waals surface area contributed by atoms with Gasteiger partial charge >= 0.3 is 0 Å². The molecule has 0 bridgehead atoms. The highest BCUT2D eigenvalue weighted by molar-refractivity contribution is 9.10. The molecule has 0 fully saturated rings. The van der Waals surface area contributed by atoms with Crippen LogP contribution in [0.15, 0.2) is 22.7 Å². The Bertz CT molecular complexity index is 321. The largest absolute Gasteiger partial charge is 0.495 e. The zero-order valence-corrected chi connectivity index (χ0v) is 10.3. The second-order valence-electron chi connectivity index (χ2n) is 3.86. The third-order valence-electron chi connectivity index (χ3n) is 2.30. The molecule has 0 amide bonds. The van der Waals surface area contributed by atoms with E-state index in [1.165, 1.54) is 0 Å². The molecule has 0 aromatic heterocycles. The summed E-state index contributed by atoms with van der Waals surface area (Å²) in [5.74, 6) is 0.798. The standard InChI is InChI=1S/C11H15BrO2/c1-11(2,7-13)8-5-4-6-9(12)10(8)14-3/h4-6,13H,7H2,1-3H3. The number of hydrogen-bond donors (Lipinski definition) is 1. The lowest BCUT2D eigenvalue weighted by molar-refractivity contribution is 0.214. The van der Waals surface area contributed by atoms with Crippen LogP contribution in [0.5, 0.6) is 5.75 Å². The molecular weight excluding hydrogens is 244 g/mol. The first-order valence-electron chi connectivity index (χ1n) is 4.47. The maximum Gasteiger partial charge on any atom is 0.136 e. The normalized spacial score (nSPS) is 11.5. The summed E-state index contributed by atoms with van der Waals surface area (Å²) in [5.41, 5.74) is 0.728. The van der Waals surface area contributed by atoms with Crippen LogP contribution in [0.1, 0.15) is 19.4 Å². The third-order valence-corrected chi connectivity index (χ3v) is 2.92. The van der Waals surface area contributed by atoms with Crippen molar-refractivity contribution in [3.8, 4) is 5.75 Å². The maximum absolute atomic E-state index is 9.29. The Morgan fingerprint density at radius 2 is 2.07 bits per heavy atom. The smallest absolute Gasteiger partial charge is 0.136 e. The Balaban J connectivity index is 3.27. The summed E-state index contributed by atoms with van der Waals surface area (Å²) in [5, 5.41) is 9.29. The van der Waals surface area contributed by atoms with Gasteiger partial charge in [0, 0.05) is 11.0 Å². The average Bonchev–Trinajstić information content (AvgIpc) is 2.17. The minimum atomic E-state index is -0.283. The van der Waals surface area contributed by atoms with Crippen LogP contribution in [-0.4, -0.2) is 18.8 Å². The van der Waals surface area contributed by atoms with Crippen molar-refractivity contribution in [3.05, 3.63) is 28.2 Å². The highest BCUT2D eigenvalue weighted by atomic mass is 79.9. The quantitative estimate of drug-likeness (QED) is 0.904. The molecule has 0 aliphatic rings. The molecule has 0 unspecified atom stereocenters. The molecule has 1 rings (SSSR count). The summed E-state index contributed by atoms with van der Waals surface area (Å²) < 4.78 is 6.22. The van der Waals surface area contributed by atoms with Crippen LogP contribution in [0.4, 0.5) is 0 Å². The van der Waals surface area contributed by atoms with E-state index in [2.05, 4.69) is 15.9 Å². The van der Waals surface area contributed by atoms with Gasteiger partial charge in [0.05, 0.1) is 18.2 Å². The summed E-state index contributed by atoms with van der Waals surface area (Å²) in [6.45, 7) is 4.06. The Hall–Kier alpha value is -0.540. The molecule has 0 aliphatic heterocycles. The van der Waals surface area contributed by atoms with Gasteiger partial charge < -0.3 is 9.84 Å². The summed E-state index contributed by atoms with van der Waals surface area (Å²) in [7, 11) is 1.64. The zero-order chi connectivity index (χ0) is 10.8. The van der Waals surface area contributed by atoms with Gasteiger partial charge in [-0.1, -0.05) is 26.0 Å². The van der Waals surface area contributed by atoms with Crippen LogP contribution in [0.2, 0.25) is 0 Å². The summed E-state index contributed by atoms with van der Waals surface area (Å²) in [6, 6.07) is 5.84. The predicted molar refractivity (Wildman–Crippen MR) is 60.8 cm³/mol. The summed E-state index contributed by atoms with van der Waals surface area (Å²) in [4.78, 5) is 0. The molecular formula is C11H15BrO2. The molecule has 0 heterocycles. The van der Waals surface area contributed by atoms with E-state index in [9.17, 15) is 5.11 Å². The molecule has 0 radical (unpaired) electrons. The Labute approximate surface area is 93.0 Å². The van der Waals surface area contributed by atoms with Crippen molar-refractivity contribution in [1.82, 2.24) is 0 Å². The van der Waals surface area contributed by atoms with Crippen LogP contribution < -0.4 is 4.74 Å². The van der Waals surface area contributed by atoms with E-state index < -0.39 is 0 Å². The number of halogens is 1. The SMILES string of the molecule is COc1c(Br)cccc1C(C)(C)CO. The van der Waals surface area contributed by atoms with Crippen molar-refractivity contribution in [3.63, 3.8) is 0 Å². The van der Waals surface area contributed by atoms with Crippen molar-refractivity contribution in [1.29, 1.82) is 0 Å². The molecule has 14 heavy (non-hydrogen) atoms. The lowest BCUT2D eigenvalue weighted by Gasteiger charge is -2.25. The first-order chi connectivity index (χ1) is 6.53. The van der Waals surface area contributed by atoms with Crippen molar-refractivity contribution >= 4 is 15.9 Å². The topological polar surface area (TPSA) is 29.5 Å². The molecule has 0 atom stereocenters. The first-order valence-corrected chi connectivity index (χ1v) is 5.26. The predicted octanol–water partition coefficient (Wildman–Crippen LogP) is 2.73. The van der Waals surface area contributed by atoms with Crippen LogP contribution in [0.3, 0.4) is 0 Å². The molecule has 0 aliphatic carbocycles. The van der Waals surface area contributed by atoms with Crippen LogP contribution >= 0.6 is 15.9 Å². The minimum absolute atomic E-state index is 0.0970.